The Kier molecular flexibility index (Phi) is 4.93. The lowest BCUT2D eigenvalue weighted by molar-refractivity contribution is 0.124. The minimum Gasteiger partial charge on any atom is -0.385 e. The van der Waals surface area contributed by atoms with Crippen LogP contribution in [0.5, 0.6) is 0 Å². The van der Waals surface area contributed by atoms with E-state index in [1.807, 2.05) is 6.92 Å². The summed E-state index contributed by atoms with van der Waals surface area (Å²) in [7, 11) is 1.62. The molecule has 98 valence electrons. The van der Waals surface area contributed by atoms with Crippen LogP contribution in [0.3, 0.4) is 0 Å². The summed E-state index contributed by atoms with van der Waals surface area (Å²) in [5.41, 5.74) is 5.47. The zero-order valence-corrected chi connectivity index (χ0v) is 11.0. The number of hydrogen-bond acceptors (Lipinski definition) is 3. The molecule has 0 saturated carbocycles. The summed E-state index contributed by atoms with van der Waals surface area (Å²) >= 11 is 0. The van der Waals surface area contributed by atoms with Crippen molar-refractivity contribution >= 4 is 11.9 Å². The summed E-state index contributed by atoms with van der Waals surface area (Å²) in [4.78, 5) is 17.3. The normalized spacial score (nSPS) is 24.3. The highest BCUT2D eigenvalue weighted by atomic mass is 16.5. The molecule has 2 amide bonds. The Morgan fingerprint density at radius 3 is 2.76 bits per heavy atom. The predicted molar refractivity (Wildman–Crippen MR) is 68.1 cm³/mol. The molecular weight excluding hydrogens is 218 g/mol. The van der Waals surface area contributed by atoms with Crippen molar-refractivity contribution in [3.63, 3.8) is 0 Å². The van der Waals surface area contributed by atoms with E-state index >= 15 is 0 Å². The summed E-state index contributed by atoms with van der Waals surface area (Å²) in [5.74, 6) is 0.440. The summed E-state index contributed by atoms with van der Waals surface area (Å²) in [6.45, 7) is 5.20. The van der Waals surface area contributed by atoms with Gasteiger partial charge in [0.25, 0.3) is 0 Å². The van der Waals surface area contributed by atoms with Gasteiger partial charge in [-0.2, -0.15) is 4.99 Å². The number of hydrogen-bond donors (Lipinski definition) is 1. The fourth-order valence-electron chi connectivity index (χ4n) is 2.14. The van der Waals surface area contributed by atoms with Crippen LogP contribution in [-0.2, 0) is 4.74 Å². The third-order valence-corrected chi connectivity index (χ3v) is 3.38. The highest BCUT2D eigenvalue weighted by Gasteiger charge is 2.43. The van der Waals surface area contributed by atoms with Crippen molar-refractivity contribution in [2.45, 2.75) is 45.1 Å². The van der Waals surface area contributed by atoms with Crippen molar-refractivity contribution in [1.29, 1.82) is 0 Å². The molecule has 5 nitrogen and oxygen atoms in total. The number of urea groups is 1. The molecule has 0 bridgehead atoms. The second kappa shape index (κ2) is 6.00. The van der Waals surface area contributed by atoms with Crippen LogP contribution in [0.4, 0.5) is 4.79 Å². The molecule has 0 aromatic heterocycles. The largest absolute Gasteiger partial charge is 0.385 e. The van der Waals surface area contributed by atoms with E-state index in [4.69, 9.17) is 10.5 Å². The lowest BCUT2D eigenvalue weighted by Crippen LogP contribution is -2.52. The third-order valence-electron chi connectivity index (χ3n) is 3.38. The minimum absolute atomic E-state index is 0.237. The second-order valence-electron chi connectivity index (χ2n) is 4.66. The number of amidine groups is 1. The van der Waals surface area contributed by atoms with Gasteiger partial charge in [-0.1, -0.05) is 26.2 Å². The number of unbranched alkanes of at least 4 members (excludes halogenated alkanes) is 2. The molecule has 0 aromatic rings. The van der Waals surface area contributed by atoms with Gasteiger partial charge in [0.2, 0.25) is 0 Å². The van der Waals surface area contributed by atoms with Crippen molar-refractivity contribution in [1.82, 2.24) is 4.90 Å². The Hall–Kier alpha value is -1.10. The maximum absolute atomic E-state index is 11.7. The van der Waals surface area contributed by atoms with E-state index in [-0.39, 0.29) is 6.03 Å². The van der Waals surface area contributed by atoms with E-state index in [2.05, 4.69) is 11.9 Å². The predicted octanol–water partition coefficient (Wildman–Crippen LogP) is 1.76. The maximum atomic E-state index is 11.7. The first-order valence-electron chi connectivity index (χ1n) is 6.21. The van der Waals surface area contributed by atoms with Gasteiger partial charge in [0, 0.05) is 13.7 Å². The van der Waals surface area contributed by atoms with Crippen LogP contribution in [0.15, 0.2) is 4.99 Å². The second-order valence-corrected chi connectivity index (χ2v) is 4.66. The van der Waals surface area contributed by atoms with Crippen molar-refractivity contribution in [2.24, 2.45) is 10.7 Å². The summed E-state index contributed by atoms with van der Waals surface area (Å²) in [5, 5.41) is 0. The molecule has 5 heteroatoms. The average Bonchev–Trinajstić information content (AvgIpc) is 2.49. The SMILES string of the molecule is CCCCCC1(C)C(N)=NC(=O)N1CCOC. The Morgan fingerprint density at radius 2 is 2.18 bits per heavy atom. The van der Waals surface area contributed by atoms with E-state index in [1.165, 1.54) is 0 Å². The molecule has 0 aromatic carbocycles. The number of carbonyl (C=O) groups is 1. The van der Waals surface area contributed by atoms with E-state index in [0.717, 1.165) is 25.7 Å². The zero-order chi connectivity index (χ0) is 12.9. The van der Waals surface area contributed by atoms with E-state index in [1.54, 1.807) is 12.0 Å². The maximum Gasteiger partial charge on any atom is 0.346 e. The van der Waals surface area contributed by atoms with Gasteiger partial charge in [0.15, 0.2) is 0 Å². The smallest absolute Gasteiger partial charge is 0.346 e. The molecule has 1 heterocycles. The van der Waals surface area contributed by atoms with Crippen LogP contribution in [0.25, 0.3) is 0 Å². The van der Waals surface area contributed by atoms with Gasteiger partial charge in [0.05, 0.1) is 12.1 Å². The number of nitrogens with two attached hydrogens (primary N) is 1. The van der Waals surface area contributed by atoms with Gasteiger partial charge in [0.1, 0.15) is 5.84 Å². The molecule has 0 radical (unpaired) electrons. The van der Waals surface area contributed by atoms with Gasteiger partial charge in [-0.25, -0.2) is 4.79 Å². The topological polar surface area (TPSA) is 67.9 Å². The van der Waals surface area contributed by atoms with Gasteiger partial charge < -0.3 is 15.4 Å². The number of aliphatic imine (C=N–C) groups is 1. The number of methoxy groups -OCH3 is 1. The Balaban J connectivity index is 2.69. The first-order chi connectivity index (χ1) is 8.06. The van der Waals surface area contributed by atoms with E-state index < -0.39 is 5.54 Å². The van der Waals surface area contributed by atoms with Gasteiger partial charge in [-0.3, -0.25) is 0 Å². The minimum atomic E-state index is -0.426. The molecule has 1 aliphatic heterocycles. The third kappa shape index (κ3) is 2.97. The molecule has 1 atom stereocenters. The standard InChI is InChI=1S/C12H23N3O2/c1-4-5-6-7-12(2)10(13)14-11(16)15(12)8-9-17-3/h4-9H2,1-3H3,(H2,13,14,16). The molecule has 1 rings (SSSR count). The zero-order valence-electron chi connectivity index (χ0n) is 11.0. The molecule has 1 aliphatic rings. The lowest BCUT2D eigenvalue weighted by Gasteiger charge is -2.34. The van der Waals surface area contributed by atoms with Gasteiger partial charge >= 0.3 is 6.03 Å². The highest BCUT2D eigenvalue weighted by Crippen LogP contribution is 2.28. The average molecular weight is 241 g/mol. The Labute approximate surface area is 103 Å². The first kappa shape index (κ1) is 14.0. The van der Waals surface area contributed by atoms with Crippen molar-refractivity contribution in [2.75, 3.05) is 20.3 Å². The molecule has 0 saturated heterocycles. The Morgan fingerprint density at radius 1 is 1.47 bits per heavy atom. The van der Waals surface area contributed by atoms with Crippen molar-refractivity contribution in [3.05, 3.63) is 0 Å². The summed E-state index contributed by atoms with van der Waals surface area (Å²) in [6, 6.07) is -0.237. The summed E-state index contributed by atoms with van der Waals surface area (Å²) < 4.78 is 5.02. The van der Waals surface area contributed by atoms with Crippen molar-refractivity contribution < 1.29 is 9.53 Å². The number of ether oxygens (including phenoxy) is 1. The first-order valence-corrected chi connectivity index (χ1v) is 6.21. The monoisotopic (exact) mass is 241 g/mol. The lowest BCUT2D eigenvalue weighted by atomic mass is 9.92. The Bertz CT molecular complexity index is 304. The van der Waals surface area contributed by atoms with Crippen molar-refractivity contribution in [3.8, 4) is 0 Å². The number of carbonyl (C=O) groups excluding carboxylic acids is 1. The summed E-state index contributed by atoms with van der Waals surface area (Å²) in [6.07, 6.45) is 4.22. The quantitative estimate of drug-likeness (QED) is 0.691. The number of amides is 2. The fraction of sp³-hybridized carbons (Fsp3) is 0.833. The van der Waals surface area contributed by atoms with Crippen LogP contribution in [0.2, 0.25) is 0 Å². The van der Waals surface area contributed by atoms with Crippen LogP contribution < -0.4 is 5.73 Å². The van der Waals surface area contributed by atoms with Gasteiger partial charge in [-0.15, -0.1) is 0 Å². The molecular formula is C12H23N3O2. The molecule has 1 unspecified atom stereocenters. The van der Waals surface area contributed by atoms with Crippen LogP contribution in [0.1, 0.15) is 39.5 Å². The van der Waals surface area contributed by atoms with Crippen LogP contribution >= 0.6 is 0 Å². The highest BCUT2D eigenvalue weighted by molar-refractivity contribution is 6.05. The molecule has 0 aliphatic carbocycles. The van der Waals surface area contributed by atoms with E-state index in [9.17, 15) is 4.79 Å². The van der Waals surface area contributed by atoms with Crippen LogP contribution in [0, 0.1) is 0 Å². The fourth-order valence-corrected chi connectivity index (χ4v) is 2.14. The molecule has 0 spiro atoms. The number of rotatable bonds is 7. The molecule has 0 fully saturated rings. The van der Waals surface area contributed by atoms with Gasteiger partial charge in [-0.05, 0) is 13.3 Å². The van der Waals surface area contributed by atoms with Crippen LogP contribution in [-0.4, -0.2) is 42.6 Å². The van der Waals surface area contributed by atoms with E-state index in [0.29, 0.717) is 19.0 Å². The molecule has 17 heavy (non-hydrogen) atoms. The molecule has 2 N–H and O–H groups in total. The number of nitrogens with zero attached hydrogens (tertiary/aromatic N) is 2.